The summed E-state index contributed by atoms with van der Waals surface area (Å²) in [5, 5.41) is 10.6. The monoisotopic (exact) mass is 436 g/mol. The highest BCUT2D eigenvalue weighted by molar-refractivity contribution is 6.02. The number of carbonyl (C=O) groups excluding carboxylic acids is 2. The van der Waals surface area contributed by atoms with E-state index in [2.05, 4.69) is 13.8 Å². The molecule has 1 aromatic heterocycles. The number of aromatic nitrogens is 1. The van der Waals surface area contributed by atoms with Gasteiger partial charge in [-0.15, -0.1) is 0 Å². The van der Waals surface area contributed by atoms with E-state index in [1.165, 1.54) is 17.7 Å². The molecule has 6 heteroatoms. The fourth-order valence-electron chi connectivity index (χ4n) is 4.91. The molecule has 1 heterocycles. The molecule has 168 valence electrons. The third kappa shape index (κ3) is 3.73. The summed E-state index contributed by atoms with van der Waals surface area (Å²) in [5.74, 6) is -1.11. The predicted octanol–water partition coefficient (Wildman–Crippen LogP) is 4.66. The number of aliphatic hydroxyl groups is 1. The molecule has 1 aliphatic carbocycles. The van der Waals surface area contributed by atoms with E-state index in [1.807, 2.05) is 24.3 Å². The second-order valence-corrected chi connectivity index (χ2v) is 9.04. The molecule has 2 unspecified atom stereocenters. The normalized spacial score (nSPS) is 18.7. The highest BCUT2D eigenvalue weighted by Crippen LogP contribution is 2.42. The van der Waals surface area contributed by atoms with E-state index in [4.69, 9.17) is 0 Å². The smallest absolute Gasteiger partial charge is 0.230 e. The minimum absolute atomic E-state index is 0.0432. The molecule has 2 atom stereocenters. The van der Waals surface area contributed by atoms with Crippen LogP contribution < -0.4 is 4.90 Å². The van der Waals surface area contributed by atoms with Gasteiger partial charge in [-0.25, -0.2) is 4.39 Å². The first-order chi connectivity index (χ1) is 15.2. The average molecular weight is 437 g/mol. The Balaban J connectivity index is 1.62. The van der Waals surface area contributed by atoms with Crippen LogP contribution in [0.5, 0.6) is 0 Å². The number of fused-ring (bicyclic) bond motifs is 1. The topological polar surface area (TPSA) is 62.5 Å². The minimum atomic E-state index is -0.534. The molecule has 0 aliphatic heterocycles. The zero-order valence-electron chi connectivity index (χ0n) is 18.9. The van der Waals surface area contributed by atoms with Crippen LogP contribution in [-0.2, 0) is 23.2 Å². The van der Waals surface area contributed by atoms with Gasteiger partial charge in [0.15, 0.2) is 0 Å². The molecule has 1 saturated carbocycles. The van der Waals surface area contributed by atoms with E-state index >= 15 is 0 Å². The van der Waals surface area contributed by atoms with E-state index in [-0.39, 0.29) is 24.7 Å². The van der Waals surface area contributed by atoms with Crippen molar-refractivity contribution in [3.63, 3.8) is 0 Å². The molecule has 2 aromatic carbocycles. The quantitative estimate of drug-likeness (QED) is 0.633. The second-order valence-electron chi connectivity index (χ2n) is 9.04. The van der Waals surface area contributed by atoms with E-state index in [1.54, 1.807) is 29.6 Å². The standard InChI is InChI=1S/C26H29FN2O3/c1-15(2)16-5-8-19(9-6-16)28(3)26(32)17-11-21(24(31)12-17)25-20-13-18(27)7-10-22(20)29(4)23(25)14-30/h5-10,13,15,17,21,30H,11-12,14H2,1-4H3. The maximum Gasteiger partial charge on any atom is 0.230 e. The Hall–Kier alpha value is -2.99. The van der Waals surface area contributed by atoms with Gasteiger partial charge in [0.2, 0.25) is 5.91 Å². The number of halogens is 1. The number of ketones is 1. The van der Waals surface area contributed by atoms with Crippen molar-refractivity contribution in [1.82, 2.24) is 4.57 Å². The van der Waals surface area contributed by atoms with Crippen molar-refractivity contribution in [3.8, 4) is 0 Å². The first-order valence-electron chi connectivity index (χ1n) is 11.0. The Bertz CT molecular complexity index is 1180. The van der Waals surface area contributed by atoms with Gasteiger partial charge in [0.1, 0.15) is 11.6 Å². The van der Waals surface area contributed by atoms with Crippen molar-refractivity contribution in [1.29, 1.82) is 0 Å². The van der Waals surface area contributed by atoms with Crippen LogP contribution in [0, 0.1) is 11.7 Å². The van der Waals surface area contributed by atoms with Crippen molar-refractivity contribution in [3.05, 3.63) is 65.1 Å². The Kier molecular flexibility index (Phi) is 5.91. The summed E-state index contributed by atoms with van der Waals surface area (Å²) >= 11 is 0. The van der Waals surface area contributed by atoms with E-state index in [9.17, 15) is 19.1 Å². The van der Waals surface area contributed by atoms with E-state index < -0.39 is 17.7 Å². The Morgan fingerprint density at radius 1 is 1.22 bits per heavy atom. The molecular weight excluding hydrogens is 407 g/mol. The van der Waals surface area contributed by atoms with Crippen molar-refractivity contribution < 1.29 is 19.1 Å². The van der Waals surface area contributed by atoms with Gasteiger partial charge in [0.05, 0.1) is 6.61 Å². The number of aliphatic hydroxyl groups excluding tert-OH is 1. The first kappa shape index (κ1) is 22.2. The zero-order chi connectivity index (χ0) is 23.2. The molecule has 1 N–H and O–H groups in total. The highest BCUT2D eigenvalue weighted by Gasteiger charge is 2.41. The number of rotatable bonds is 5. The van der Waals surface area contributed by atoms with Gasteiger partial charge >= 0.3 is 0 Å². The van der Waals surface area contributed by atoms with Gasteiger partial charge in [0.25, 0.3) is 0 Å². The number of Topliss-reactive ketones (excluding diaryl/α,β-unsaturated/α-hetero) is 1. The maximum absolute atomic E-state index is 14.0. The second kappa shape index (κ2) is 8.51. The first-order valence-corrected chi connectivity index (χ1v) is 11.0. The van der Waals surface area contributed by atoms with Gasteiger partial charge in [-0.2, -0.15) is 0 Å². The summed E-state index contributed by atoms with van der Waals surface area (Å²) in [5.41, 5.74) is 3.99. The van der Waals surface area contributed by atoms with E-state index in [0.717, 1.165) is 11.2 Å². The number of anilines is 1. The van der Waals surface area contributed by atoms with Gasteiger partial charge in [-0.05, 0) is 53.8 Å². The summed E-state index contributed by atoms with van der Waals surface area (Å²) in [6.45, 7) is 3.98. The number of benzene rings is 2. The van der Waals surface area contributed by atoms with Crippen molar-refractivity contribution in [2.24, 2.45) is 13.0 Å². The number of amides is 1. The molecule has 5 nitrogen and oxygen atoms in total. The molecule has 4 rings (SSSR count). The maximum atomic E-state index is 14.0. The van der Waals surface area contributed by atoms with Crippen LogP contribution in [0.25, 0.3) is 10.9 Å². The lowest BCUT2D eigenvalue weighted by molar-refractivity contribution is -0.124. The summed E-state index contributed by atoms with van der Waals surface area (Å²) in [7, 11) is 3.53. The molecule has 0 radical (unpaired) electrons. The van der Waals surface area contributed by atoms with Gasteiger partial charge in [0, 0.05) is 54.6 Å². The molecule has 0 spiro atoms. The SMILES string of the molecule is CC(C)c1ccc(N(C)C(=O)C2CC(=O)C(c3c(CO)n(C)c4ccc(F)cc34)C2)cc1. The van der Waals surface area contributed by atoms with Crippen LogP contribution in [0.1, 0.15) is 55.3 Å². The summed E-state index contributed by atoms with van der Waals surface area (Å²) in [6.07, 6.45) is 0.503. The minimum Gasteiger partial charge on any atom is -0.390 e. The molecular formula is C26H29FN2O3. The van der Waals surface area contributed by atoms with Crippen molar-refractivity contribution in [2.45, 2.75) is 45.1 Å². The number of nitrogens with zero attached hydrogens (tertiary/aromatic N) is 2. The van der Waals surface area contributed by atoms with Crippen molar-refractivity contribution in [2.75, 3.05) is 11.9 Å². The third-order valence-electron chi connectivity index (χ3n) is 6.81. The molecule has 3 aromatic rings. The van der Waals surface area contributed by atoms with Gasteiger partial charge in [-0.1, -0.05) is 26.0 Å². The molecule has 1 amide bonds. The molecule has 0 bridgehead atoms. The van der Waals surface area contributed by atoms with Crippen LogP contribution in [-0.4, -0.2) is 28.4 Å². The lowest BCUT2D eigenvalue weighted by Gasteiger charge is -2.21. The third-order valence-corrected chi connectivity index (χ3v) is 6.81. The average Bonchev–Trinajstić information content (AvgIpc) is 3.29. The predicted molar refractivity (Wildman–Crippen MR) is 123 cm³/mol. The van der Waals surface area contributed by atoms with Crippen LogP contribution in [0.15, 0.2) is 42.5 Å². The molecule has 32 heavy (non-hydrogen) atoms. The fourth-order valence-corrected chi connectivity index (χ4v) is 4.91. The number of carbonyl (C=O) groups is 2. The van der Waals surface area contributed by atoms with Crippen LogP contribution >= 0.6 is 0 Å². The Morgan fingerprint density at radius 3 is 2.53 bits per heavy atom. The summed E-state index contributed by atoms with van der Waals surface area (Å²) in [6, 6.07) is 12.3. The zero-order valence-corrected chi connectivity index (χ0v) is 18.9. The lowest BCUT2D eigenvalue weighted by Crippen LogP contribution is -2.32. The van der Waals surface area contributed by atoms with Crippen LogP contribution in [0.2, 0.25) is 0 Å². The van der Waals surface area contributed by atoms with Gasteiger partial charge in [-0.3, -0.25) is 9.59 Å². The highest BCUT2D eigenvalue weighted by atomic mass is 19.1. The Labute approximate surface area is 187 Å². The molecule has 0 saturated heterocycles. The Morgan fingerprint density at radius 2 is 1.91 bits per heavy atom. The van der Waals surface area contributed by atoms with Gasteiger partial charge < -0.3 is 14.6 Å². The number of hydrogen-bond acceptors (Lipinski definition) is 3. The van der Waals surface area contributed by atoms with Crippen molar-refractivity contribution >= 4 is 28.3 Å². The van der Waals surface area contributed by atoms with Crippen LogP contribution in [0.4, 0.5) is 10.1 Å². The summed E-state index contributed by atoms with van der Waals surface area (Å²) in [4.78, 5) is 27.9. The molecule has 1 aliphatic rings. The molecule has 1 fully saturated rings. The number of hydrogen-bond donors (Lipinski definition) is 1. The summed E-state index contributed by atoms with van der Waals surface area (Å²) < 4.78 is 15.8. The number of aryl methyl sites for hydroxylation is 1. The lowest BCUT2D eigenvalue weighted by atomic mass is 9.92. The van der Waals surface area contributed by atoms with E-state index in [0.29, 0.717) is 29.0 Å². The van der Waals surface area contributed by atoms with Crippen LogP contribution in [0.3, 0.4) is 0 Å². The fraction of sp³-hybridized carbons (Fsp3) is 0.385. The largest absolute Gasteiger partial charge is 0.390 e.